The van der Waals surface area contributed by atoms with Gasteiger partial charge in [0.25, 0.3) is 5.92 Å². The summed E-state index contributed by atoms with van der Waals surface area (Å²) in [6.07, 6.45) is 2.83. The first-order chi connectivity index (χ1) is 14.4. The van der Waals surface area contributed by atoms with E-state index in [1.165, 1.54) is 10.9 Å². The van der Waals surface area contributed by atoms with Crippen LogP contribution in [0.25, 0.3) is 0 Å². The number of hydrogen-bond acceptors (Lipinski definition) is 4. The molecule has 2 amide bonds. The second-order valence-electron chi connectivity index (χ2n) is 9.01. The van der Waals surface area contributed by atoms with Gasteiger partial charge in [-0.15, -0.1) is 4.36 Å². The topological polar surface area (TPSA) is 112 Å². The number of aryl methyl sites for hydroxylation is 1. The zero-order valence-electron chi connectivity index (χ0n) is 17.2. The molecule has 11 heteroatoms. The summed E-state index contributed by atoms with van der Waals surface area (Å²) in [5.74, 6) is -2.63. The Kier molecular flexibility index (Phi) is 4.26. The van der Waals surface area contributed by atoms with Gasteiger partial charge in [0.15, 0.2) is 9.92 Å². The maximum absolute atomic E-state index is 14.1. The van der Waals surface area contributed by atoms with Gasteiger partial charge in [0.05, 0.1) is 12.7 Å². The molecular weight excluding hydrogens is 428 g/mol. The quantitative estimate of drug-likeness (QED) is 0.730. The highest BCUT2D eigenvalue weighted by molar-refractivity contribution is 7.91. The van der Waals surface area contributed by atoms with E-state index in [0.29, 0.717) is 29.8 Å². The van der Waals surface area contributed by atoms with Crippen molar-refractivity contribution in [2.45, 2.75) is 68.9 Å². The van der Waals surface area contributed by atoms with Gasteiger partial charge >= 0.3 is 6.03 Å². The normalized spacial score (nSPS) is 21.6. The molecule has 2 aliphatic carbocycles. The molecule has 0 bridgehead atoms. The van der Waals surface area contributed by atoms with Crippen molar-refractivity contribution in [1.82, 2.24) is 9.78 Å². The molecule has 0 unspecified atom stereocenters. The van der Waals surface area contributed by atoms with E-state index in [0.717, 1.165) is 24.0 Å². The van der Waals surface area contributed by atoms with E-state index < -0.39 is 33.9 Å². The second kappa shape index (κ2) is 6.49. The largest absolute Gasteiger partial charge is 0.469 e. The number of hydrogen-bond donors (Lipinski definition) is 2. The summed E-state index contributed by atoms with van der Waals surface area (Å²) in [6, 6.07) is 0.884. The minimum absolute atomic E-state index is 0.0308. The number of carbonyl (C=O) groups excluding carboxylic acids is 1. The Balaban J connectivity index is 1.49. The summed E-state index contributed by atoms with van der Waals surface area (Å²) >= 11 is 0. The van der Waals surface area contributed by atoms with Gasteiger partial charge in [-0.1, -0.05) is 6.07 Å². The lowest BCUT2D eigenvalue weighted by molar-refractivity contribution is 0.0131. The number of alkyl halides is 2. The van der Waals surface area contributed by atoms with Crippen molar-refractivity contribution >= 4 is 21.6 Å². The van der Waals surface area contributed by atoms with Crippen LogP contribution in [0.3, 0.4) is 0 Å². The fourth-order valence-electron chi connectivity index (χ4n) is 4.69. The van der Waals surface area contributed by atoms with E-state index in [4.69, 9.17) is 9.88 Å². The molecule has 1 atom stereocenters. The van der Waals surface area contributed by atoms with E-state index in [1.54, 1.807) is 0 Å². The molecule has 0 spiro atoms. The number of carbonyl (C=O) groups is 1. The van der Waals surface area contributed by atoms with Gasteiger partial charge in [-0.25, -0.2) is 27.6 Å². The van der Waals surface area contributed by atoms with Crippen LogP contribution >= 0.6 is 0 Å². The molecule has 8 nitrogen and oxygen atoms in total. The SMILES string of the molecule is CC1(C)Cn2ncc([S@](N)(=O)=NC(=O)Nc3c4c(cc5c3CC(F)(F)C5)CCC4)c2O1. The maximum atomic E-state index is 14.1. The van der Waals surface area contributed by atoms with E-state index in [1.807, 2.05) is 19.9 Å². The molecule has 2 aromatic rings. The summed E-state index contributed by atoms with van der Waals surface area (Å²) in [5, 5.41) is 12.6. The van der Waals surface area contributed by atoms with Crippen LogP contribution in [0.5, 0.6) is 5.88 Å². The molecule has 166 valence electrons. The summed E-state index contributed by atoms with van der Waals surface area (Å²) in [4.78, 5) is 12.8. The zero-order chi connectivity index (χ0) is 22.2. The number of nitrogens with zero attached hydrogens (tertiary/aromatic N) is 3. The molecule has 0 radical (unpaired) electrons. The highest BCUT2D eigenvalue weighted by atomic mass is 32.2. The van der Waals surface area contributed by atoms with E-state index in [9.17, 15) is 17.8 Å². The summed E-state index contributed by atoms with van der Waals surface area (Å²) in [5.41, 5.74) is 2.59. The number of anilines is 1. The van der Waals surface area contributed by atoms with E-state index in [2.05, 4.69) is 14.8 Å². The van der Waals surface area contributed by atoms with Gasteiger partial charge in [0.2, 0.25) is 5.88 Å². The second-order valence-corrected chi connectivity index (χ2v) is 10.8. The number of halogens is 2. The number of ether oxygens (including phenoxy) is 1. The number of urea groups is 1. The van der Waals surface area contributed by atoms with Gasteiger partial charge < -0.3 is 10.1 Å². The number of rotatable bonds is 2. The molecule has 1 aliphatic heterocycles. The molecule has 3 N–H and O–H groups in total. The number of nitrogens with two attached hydrogens (primary N) is 1. The van der Waals surface area contributed by atoms with Crippen LogP contribution in [-0.2, 0) is 42.1 Å². The van der Waals surface area contributed by atoms with E-state index in [-0.39, 0.29) is 17.2 Å². The maximum Gasteiger partial charge on any atom is 0.354 e. The van der Waals surface area contributed by atoms with Gasteiger partial charge in [-0.05, 0) is 55.4 Å². The summed E-state index contributed by atoms with van der Waals surface area (Å²) in [7, 11) is -3.66. The predicted molar refractivity (Wildman–Crippen MR) is 110 cm³/mol. The van der Waals surface area contributed by atoms with Gasteiger partial charge in [-0.2, -0.15) is 5.10 Å². The lowest BCUT2D eigenvalue weighted by Crippen LogP contribution is -2.27. The average molecular weight is 451 g/mol. The van der Waals surface area contributed by atoms with Crippen molar-refractivity contribution < 1.29 is 22.5 Å². The molecule has 2 heterocycles. The van der Waals surface area contributed by atoms with Gasteiger partial charge in [0.1, 0.15) is 10.5 Å². The number of fused-ring (bicyclic) bond motifs is 3. The van der Waals surface area contributed by atoms with Gasteiger partial charge in [0, 0.05) is 18.5 Å². The summed E-state index contributed by atoms with van der Waals surface area (Å²) < 4.78 is 52.2. The Morgan fingerprint density at radius 2 is 2.06 bits per heavy atom. The Morgan fingerprint density at radius 1 is 1.29 bits per heavy atom. The van der Waals surface area contributed by atoms with Crippen molar-refractivity contribution in [3.8, 4) is 5.88 Å². The van der Waals surface area contributed by atoms with E-state index >= 15 is 0 Å². The highest BCUT2D eigenvalue weighted by Crippen LogP contribution is 2.43. The third kappa shape index (κ3) is 3.49. The molecule has 0 saturated heterocycles. The monoisotopic (exact) mass is 451 g/mol. The number of nitrogens with one attached hydrogen (secondary N) is 1. The van der Waals surface area contributed by atoms with Crippen LogP contribution in [0.4, 0.5) is 19.3 Å². The fourth-order valence-corrected chi connectivity index (χ4v) is 5.68. The average Bonchev–Trinajstić information content (AvgIpc) is 3.34. The molecule has 1 aromatic carbocycles. The lowest BCUT2D eigenvalue weighted by atomic mass is 9.99. The Bertz CT molecular complexity index is 1240. The first-order valence-electron chi connectivity index (χ1n) is 10.1. The molecule has 0 saturated carbocycles. The first kappa shape index (κ1) is 20.4. The third-order valence-corrected chi connectivity index (χ3v) is 7.26. The van der Waals surface area contributed by atoms with Crippen molar-refractivity contribution in [3.05, 3.63) is 34.5 Å². The highest BCUT2D eigenvalue weighted by Gasteiger charge is 2.41. The zero-order valence-corrected chi connectivity index (χ0v) is 18.0. The predicted octanol–water partition coefficient (Wildman–Crippen LogP) is 3.21. The van der Waals surface area contributed by atoms with Crippen LogP contribution in [0.2, 0.25) is 0 Å². The van der Waals surface area contributed by atoms with Crippen molar-refractivity contribution in [2.75, 3.05) is 5.32 Å². The standard InChI is InChI=1S/C20H23F2N5O3S/c1-19(2)10-27-17(30-19)15(9-24-27)31(23,29)26-18(28)25-16-13-5-3-4-11(13)6-12-7-20(21,22)8-14(12)16/h6,9H,3-5,7-8,10H2,1-2H3,(H3,23,25,26,28,29)/t31-/m1/s1. The Labute approximate surface area is 178 Å². The number of benzene rings is 1. The van der Waals surface area contributed by atoms with Crippen molar-refractivity contribution in [2.24, 2.45) is 9.50 Å². The van der Waals surface area contributed by atoms with Crippen LogP contribution < -0.4 is 15.2 Å². The molecular formula is C20H23F2N5O3S. The fraction of sp³-hybridized carbons (Fsp3) is 0.500. The Morgan fingerprint density at radius 3 is 2.84 bits per heavy atom. The number of amides is 2. The first-order valence-corrected chi connectivity index (χ1v) is 11.7. The summed E-state index contributed by atoms with van der Waals surface area (Å²) in [6.45, 7) is 4.14. The third-order valence-electron chi connectivity index (χ3n) is 5.91. The van der Waals surface area contributed by atoms with Crippen LogP contribution in [-0.4, -0.2) is 31.5 Å². The lowest BCUT2D eigenvalue weighted by Gasteiger charge is -2.16. The smallest absolute Gasteiger partial charge is 0.354 e. The van der Waals surface area contributed by atoms with Crippen LogP contribution in [0.1, 0.15) is 42.5 Å². The molecule has 1 aromatic heterocycles. The molecule has 31 heavy (non-hydrogen) atoms. The molecule has 3 aliphatic rings. The number of aromatic nitrogens is 2. The Hall–Kier alpha value is -2.53. The molecule has 0 fully saturated rings. The van der Waals surface area contributed by atoms with Crippen molar-refractivity contribution in [1.29, 1.82) is 0 Å². The molecule has 5 rings (SSSR count). The van der Waals surface area contributed by atoms with Gasteiger partial charge in [-0.3, -0.25) is 0 Å². The minimum Gasteiger partial charge on any atom is -0.469 e. The van der Waals surface area contributed by atoms with Crippen molar-refractivity contribution in [3.63, 3.8) is 0 Å². The van der Waals surface area contributed by atoms with Crippen LogP contribution in [0.15, 0.2) is 21.5 Å². The minimum atomic E-state index is -3.66. The van der Waals surface area contributed by atoms with Crippen LogP contribution in [0, 0.1) is 0 Å².